The van der Waals surface area contributed by atoms with Gasteiger partial charge in [0.2, 0.25) is 25.4 Å². The van der Waals surface area contributed by atoms with E-state index in [4.69, 9.17) is 18.9 Å². The molecule has 0 N–H and O–H groups in total. The number of ether oxygens (including phenoxy) is 4. The topological polar surface area (TPSA) is 91.4 Å². The molecule has 0 aromatic heterocycles. The van der Waals surface area contributed by atoms with Crippen LogP contribution in [0, 0.1) is 15.4 Å². The summed E-state index contributed by atoms with van der Waals surface area (Å²) in [5, 5.41) is 0. The molecule has 50 heavy (non-hydrogen) atoms. The first-order valence-electron chi connectivity index (χ1n) is 16.3. The minimum absolute atomic E-state index is 0.0753. The first-order chi connectivity index (χ1) is 24.5. The number of benzene rings is 5. The Hall–Kier alpha value is -5.42. The van der Waals surface area contributed by atoms with Crippen LogP contribution >= 0.6 is 22.6 Å². The summed E-state index contributed by atoms with van der Waals surface area (Å²) in [5.41, 5.74) is 1.39. The molecule has 244 valence electrons. The predicted octanol–water partition coefficient (Wildman–Crippen LogP) is 6.94. The van der Waals surface area contributed by atoms with Gasteiger partial charge < -0.3 is 18.9 Å². The fourth-order valence-corrected chi connectivity index (χ4v) is 9.73. The molecule has 1 saturated heterocycles. The van der Waals surface area contributed by atoms with E-state index in [-0.39, 0.29) is 19.4 Å². The Labute approximate surface area is 300 Å². The monoisotopic (exact) mass is 771 g/mol. The van der Waals surface area contributed by atoms with Crippen molar-refractivity contribution in [3.63, 3.8) is 0 Å². The molecule has 8 nitrogen and oxygen atoms in total. The lowest BCUT2D eigenvalue weighted by Crippen LogP contribution is -2.45. The highest BCUT2D eigenvalue weighted by Crippen LogP contribution is 2.74. The number of carbonyl (C=O) groups excluding carboxylic acids is 3. The smallest absolute Gasteiger partial charge is 0.239 e. The van der Waals surface area contributed by atoms with Crippen molar-refractivity contribution in [3.05, 3.63) is 147 Å². The molecule has 2 amide bonds. The first kappa shape index (κ1) is 29.5. The lowest BCUT2D eigenvalue weighted by Gasteiger charge is -2.39. The van der Waals surface area contributed by atoms with Crippen molar-refractivity contribution in [1.82, 2.24) is 0 Å². The largest absolute Gasteiger partial charge is 0.454 e. The van der Waals surface area contributed by atoms with Crippen molar-refractivity contribution in [2.45, 2.75) is 10.8 Å². The van der Waals surface area contributed by atoms with Crippen molar-refractivity contribution in [2.24, 2.45) is 11.8 Å². The highest BCUT2D eigenvalue weighted by Gasteiger charge is 2.83. The number of para-hydroxylation sites is 1. The van der Waals surface area contributed by atoms with Crippen LogP contribution in [0.5, 0.6) is 23.0 Å². The third-order valence-corrected chi connectivity index (χ3v) is 11.8. The second-order valence-corrected chi connectivity index (χ2v) is 14.1. The number of fused-ring (bicyclic) bond motifs is 7. The number of carbonyl (C=O) groups is 3. The molecule has 5 aromatic carbocycles. The number of hydrogen-bond donors (Lipinski definition) is 0. The molecule has 1 saturated carbocycles. The first-order valence-corrected chi connectivity index (χ1v) is 17.4. The van der Waals surface area contributed by atoms with Gasteiger partial charge in [0.25, 0.3) is 0 Å². The third-order valence-electron chi connectivity index (χ3n) is 10.9. The Morgan fingerprint density at radius 2 is 0.980 bits per heavy atom. The van der Waals surface area contributed by atoms with Crippen molar-refractivity contribution >= 4 is 57.0 Å². The van der Waals surface area contributed by atoms with Crippen LogP contribution in [0.4, 0.5) is 5.69 Å². The summed E-state index contributed by atoms with van der Waals surface area (Å²) in [6, 6.07) is 37.5. The van der Waals surface area contributed by atoms with Gasteiger partial charge in [0.1, 0.15) is 0 Å². The standard InChI is InChI=1S/C41H26INO7/c42-27-13-7-8-14-28(27)43-37(44)35-36(38(43)45)41(26-11-5-2-6-12-26)34(24-16-18-30-32(20-24)50-22-48-30)33(23-15-17-29-31(19-23)49-21-47-29)40(35,39(41)46)25-9-3-1-4-10-25/h1-20,35-36H,21-22H2/t35-,36-,40+,41+/m1/s1. The molecule has 0 unspecified atom stereocenters. The Kier molecular flexibility index (Phi) is 6.22. The van der Waals surface area contributed by atoms with E-state index in [1.165, 1.54) is 4.90 Å². The minimum Gasteiger partial charge on any atom is -0.454 e. The van der Waals surface area contributed by atoms with E-state index in [9.17, 15) is 0 Å². The molecule has 10 rings (SSSR count). The number of halogens is 1. The SMILES string of the molecule is O=C1[C@H]2[C@H](C(=O)N1c1ccccc1I)[C@@]1(c3ccccc3)C(=O)[C@@]2(c2ccccc2)C(c2ccc3c(c2)OCO3)=C1c1ccc2c(c1)OCO2. The summed E-state index contributed by atoms with van der Waals surface area (Å²) in [7, 11) is 0. The third kappa shape index (κ3) is 3.57. The molecule has 3 aliphatic heterocycles. The number of rotatable bonds is 5. The average molecular weight is 772 g/mol. The minimum atomic E-state index is -1.55. The van der Waals surface area contributed by atoms with Crippen LogP contribution in [-0.2, 0) is 25.2 Å². The number of hydrogen-bond acceptors (Lipinski definition) is 7. The Morgan fingerprint density at radius 1 is 0.540 bits per heavy atom. The molecule has 9 heteroatoms. The molecule has 2 aliphatic carbocycles. The molecular weight excluding hydrogens is 745 g/mol. The molecular formula is C41H26INO7. The number of anilines is 1. The van der Waals surface area contributed by atoms with Gasteiger partial charge in [0.15, 0.2) is 28.8 Å². The Balaban J connectivity index is 1.38. The molecule has 2 bridgehead atoms. The molecule has 4 atom stereocenters. The highest BCUT2D eigenvalue weighted by atomic mass is 127. The molecule has 5 aromatic rings. The Morgan fingerprint density at radius 3 is 1.46 bits per heavy atom. The second kappa shape index (κ2) is 10.5. The van der Waals surface area contributed by atoms with Gasteiger partial charge in [-0.15, -0.1) is 0 Å². The number of ketones is 1. The molecule has 0 radical (unpaired) electrons. The zero-order chi connectivity index (χ0) is 33.8. The molecule has 5 aliphatic rings. The maximum atomic E-state index is 16.2. The molecule has 3 heterocycles. The number of nitrogens with zero attached hydrogens (tertiary/aromatic N) is 1. The lowest BCUT2D eigenvalue weighted by atomic mass is 9.59. The second-order valence-electron chi connectivity index (χ2n) is 13.0. The van der Waals surface area contributed by atoms with Crippen LogP contribution in [0.15, 0.2) is 121 Å². The highest BCUT2D eigenvalue weighted by molar-refractivity contribution is 14.1. The van der Waals surface area contributed by atoms with Gasteiger partial charge in [-0.05, 0) is 92.4 Å². The van der Waals surface area contributed by atoms with Gasteiger partial charge in [0, 0.05) is 3.57 Å². The van der Waals surface area contributed by atoms with Gasteiger partial charge in [-0.2, -0.15) is 0 Å². The summed E-state index contributed by atoms with van der Waals surface area (Å²) < 4.78 is 23.9. The average Bonchev–Trinajstić information content (AvgIpc) is 3.96. The van der Waals surface area contributed by atoms with Gasteiger partial charge in [-0.3, -0.25) is 14.4 Å². The quantitative estimate of drug-likeness (QED) is 0.141. The van der Waals surface area contributed by atoms with Crippen molar-refractivity contribution in [2.75, 3.05) is 18.5 Å². The van der Waals surface area contributed by atoms with Gasteiger partial charge in [-0.25, -0.2) is 4.90 Å². The van der Waals surface area contributed by atoms with E-state index >= 15 is 14.4 Å². The fraction of sp³-hybridized carbons (Fsp3) is 0.146. The predicted molar refractivity (Wildman–Crippen MR) is 192 cm³/mol. The van der Waals surface area contributed by atoms with Crippen LogP contribution in [0.1, 0.15) is 22.3 Å². The molecule has 2 fully saturated rings. The van der Waals surface area contributed by atoms with Gasteiger partial charge in [0.05, 0.1) is 28.4 Å². The van der Waals surface area contributed by atoms with Crippen molar-refractivity contribution in [3.8, 4) is 23.0 Å². The van der Waals surface area contributed by atoms with E-state index in [1.54, 1.807) is 6.07 Å². The number of imide groups is 1. The van der Waals surface area contributed by atoms with Gasteiger partial charge in [-0.1, -0.05) is 84.9 Å². The van der Waals surface area contributed by atoms with Gasteiger partial charge >= 0.3 is 0 Å². The maximum absolute atomic E-state index is 16.2. The number of Topliss-reactive ketones (excluding diaryl/α,β-unsaturated/α-hetero) is 1. The van der Waals surface area contributed by atoms with E-state index in [0.717, 1.165) is 3.57 Å². The van der Waals surface area contributed by atoms with Crippen molar-refractivity contribution < 1.29 is 33.3 Å². The zero-order valence-corrected chi connectivity index (χ0v) is 28.5. The van der Waals surface area contributed by atoms with E-state index < -0.39 is 34.5 Å². The maximum Gasteiger partial charge on any atom is 0.239 e. The summed E-state index contributed by atoms with van der Waals surface area (Å²) in [5.74, 6) is -0.828. The Bertz CT molecular complexity index is 2200. The van der Waals surface area contributed by atoms with Crippen LogP contribution in [0.25, 0.3) is 11.1 Å². The van der Waals surface area contributed by atoms with Crippen LogP contribution in [-0.4, -0.2) is 31.2 Å². The normalized spacial score (nSPS) is 25.5. The van der Waals surface area contributed by atoms with Crippen LogP contribution in [0.3, 0.4) is 0 Å². The summed E-state index contributed by atoms with van der Waals surface area (Å²) in [4.78, 5) is 48.0. The summed E-state index contributed by atoms with van der Waals surface area (Å²) in [6.07, 6.45) is 0. The van der Waals surface area contributed by atoms with E-state index in [0.29, 0.717) is 62.1 Å². The van der Waals surface area contributed by atoms with Crippen LogP contribution < -0.4 is 23.8 Å². The lowest BCUT2D eigenvalue weighted by molar-refractivity contribution is -0.130. The van der Waals surface area contributed by atoms with E-state index in [1.807, 2.05) is 115 Å². The fourth-order valence-electron chi connectivity index (χ4n) is 9.10. The molecule has 0 spiro atoms. The van der Waals surface area contributed by atoms with Crippen molar-refractivity contribution in [1.29, 1.82) is 0 Å². The number of amides is 2. The zero-order valence-electron chi connectivity index (χ0n) is 26.3. The number of allylic oxidation sites excluding steroid dienone is 2. The van der Waals surface area contributed by atoms with E-state index in [2.05, 4.69) is 22.6 Å². The summed E-state index contributed by atoms with van der Waals surface area (Å²) in [6.45, 7) is 0.151. The van der Waals surface area contributed by atoms with Crippen LogP contribution in [0.2, 0.25) is 0 Å². The summed E-state index contributed by atoms with van der Waals surface area (Å²) >= 11 is 2.16.